The summed E-state index contributed by atoms with van der Waals surface area (Å²) in [6.07, 6.45) is 1.11. The topological polar surface area (TPSA) is 49.5 Å². The third-order valence-electron chi connectivity index (χ3n) is 2.34. The van der Waals surface area contributed by atoms with Crippen molar-refractivity contribution in [3.63, 3.8) is 0 Å². The number of anilines is 1. The molecule has 0 aliphatic rings. The summed E-state index contributed by atoms with van der Waals surface area (Å²) >= 11 is 0. The zero-order valence-corrected chi connectivity index (χ0v) is 9.32. The maximum Gasteiger partial charge on any atom is 0.0558 e. The van der Waals surface area contributed by atoms with Crippen LogP contribution in [0.5, 0.6) is 0 Å². The van der Waals surface area contributed by atoms with Crippen molar-refractivity contribution in [3.05, 3.63) is 29.8 Å². The standard InChI is InChI=1S/C12H20N2O/c1-2-7-14(8-9-15)10-11-3-5-12(13)6-4-11/h3-6,15H,2,7-10,13H2,1H3. The van der Waals surface area contributed by atoms with Gasteiger partial charge in [0.2, 0.25) is 0 Å². The van der Waals surface area contributed by atoms with Gasteiger partial charge in [0.05, 0.1) is 6.61 Å². The first-order valence-corrected chi connectivity index (χ1v) is 5.44. The Kier molecular flexibility index (Phi) is 5.15. The summed E-state index contributed by atoms with van der Waals surface area (Å²) in [4.78, 5) is 2.24. The van der Waals surface area contributed by atoms with Gasteiger partial charge in [0.1, 0.15) is 0 Å². The Morgan fingerprint density at radius 2 is 1.87 bits per heavy atom. The predicted molar refractivity (Wildman–Crippen MR) is 63.5 cm³/mol. The fourth-order valence-corrected chi connectivity index (χ4v) is 1.61. The van der Waals surface area contributed by atoms with Crippen LogP contribution in [0.4, 0.5) is 5.69 Å². The molecule has 0 atom stereocenters. The minimum Gasteiger partial charge on any atom is -0.399 e. The van der Waals surface area contributed by atoms with Gasteiger partial charge in [0.15, 0.2) is 0 Å². The Bertz CT molecular complexity index is 265. The summed E-state index contributed by atoms with van der Waals surface area (Å²) in [6, 6.07) is 7.90. The van der Waals surface area contributed by atoms with Crippen LogP contribution in [0.15, 0.2) is 24.3 Å². The van der Waals surface area contributed by atoms with Crippen LogP contribution < -0.4 is 5.73 Å². The van der Waals surface area contributed by atoms with E-state index in [1.807, 2.05) is 24.3 Å². The van der Waals surface area contributed by atoms with Gasteiger partial charge < -0.3 is 10.8 Å². The average molecular weight is 208 g/mol. The van der Waals surface area contributed by atoms with Gasteiger partial charge in [-0.15, -0.1) is 0 Å². The number of aliphatic hydroxyl groups excluding tert-OH is 1. The third kappa shape index (κ3) is 4.32. The molecule has 1 aromatic rings. The Hall–Kier alpha value is -1.06. The lowest BCUT2D eigenvalue weighted by atomic mass is 10.2. The van der Waals surface area contributed by atoms with Crippen LogP contribution in [0, 0.1) is 0 Å². The molecule has 15 heavy (non-hydrogen) atoms. The summed E-state index contributed by atoms with van der Waals surface area (Å²) in [5.41, 5.74) is 7.66. The molecular weight excluding hydrogens is 188 g/mol. The Morgan fingerprint density at radius 3 is 2.40 bits per heavy atom. The lowest BCUT2D eigenvalue weighted by molar-refractivity contribution is 0.190. The normalized spacial score (nSPS) is 10.9. The predicted octanol–water partition coefficient (Wildman–Crippen LogP) is 1.47. The molecule has 0 fully saturated rings. The van der Waals surface area contributed by atoms with Gasteiger partial charge in [-0.3, -0.25) is 4.90 Å². The van der Waals surface area contributed by atoms with Crippen molar-refractivity contribution in [2.24, 2.45) is 0 Å². The maximum absolute atomic E-state index is 8.92. The SMILES string of the molecule is CCCN(CCO)Cc1ccc(N)cc1. The van der Waals surface area contributed by atoms with Crippen LogP contribution in [0.1, 0.15) is 18.9 Å². The minimum absolute atomic E-state index is 0.217. The first-order valence-electron chi connectivity index (χ1n) is 5.44. The summed E-state index contributed by atoms with van der Waals surface area (Å²) in [6.45, 7) is 5.00. The van der Waals surface area contributed by atoms with E-state index in [0.29, 0.717) is 0 Å². The first kappa shape index (κ1) is 12.0. The van der Waals surface area contributed by atoms with Crippen LogP contribution in [0.2, 0.25) is 0 Å². The van der Waals surface area contributed by atoms with E-state index in [1.165, 1.54) is 5.56 Å². The van der Waals surface area contributed by atoms with Crippen molar-refractivity contribution in [2.45, 2.75) is 19.9 Å². The van der Waals surface area contributed by atoms with Gasteiger partial charge >= 0.3 is 0 Å². The average Bonchev–Trinajstić information content (AvgIpc) is 2.22. The molecule has 3 nitrogen and oxygen atoms in total. The van der Waals surface area contributed by atoms with Crippen LogP contribution in [-0.4, -0.2) is 29.7 Å². The van der Waals surface area contributed by atoms with Crippen LogP contribution >= 0.6 is 0 Å². The monoisotopic (exact) mass is 208 g/mol. The van der Waals surface area contributed by atoms with Crippen LogP contribution in [0.25, 0.3) is 0 Å². The Labute approximate surface area is 91.5 Å². The van der Waals surface area contributed by atoms with Gasteiger partial charge in [-0.05, 0) is 30.7 Å². The lowest BCUT2D eigenvalue weighted by Gasteiger charge is -2.20. The summed E-state index contributed by atoms with van der Waals surface area (Å²) < 4.78 is 0. The van der Waals surface area contributed by atoms with Gasteiger partial charge in [-0.25, -0.2) is 0 Å². The summed E-state index contributed by atoms with van der Waals surface area (Å²) in [5, 5.41) is 8.92. The van der Waals surface area contributed by atoms with E-state index in [9.17, 15) is 0 Å². The quantitative estimate of drug-likeness (QED) is 0.696. The molecular formula is C12H20N2O. The highest BCUT2D eigenvalue weighted by Gasteiger charge is 2.03. The number of nitrogens with two attached hydrogens (primary N) is 1. The van der Waals surface area contributed by atoms with E-state index in [0.717, 1.165) is 31.7 Å². The number of nitrogens with zero attached hydrogens (tertiary/aromatic N) is 1. The molecule has 3 N–H and O–H groups in total. The van der Waals surface area contributed by atoms with Crippen LogP contribution in [-0.2, 0) is 6.54 Å². The summed E-state index contributed by atoms with van der Waals surface area (Å²) in [7, 11) is 0. The molecule has 0 aliphatic carbocycles. The Morgan fingerprint density at radius 1 is 1.20 bits per heavy atom. The maximum atomic E-state index is 8.92. The first-order chi connectivity index (χ1) is 7.26. The zero-order valence-electron chi connectivity index (χ0n) is 9.32. The largest absolute Gasteiger partial charge is 0.399 e. The number of nitrogen functional groups attached to an aromatic ring is 1. The second-order valence-corrected chi connectivity index (χ2v) is 3.74. The second kappa shape index (κ2) is 6.43. The van der Waals surface area contributed by atoms with E-state index < -0.39 is 0 Å². The highest BCUT2D eigenvalue weighted by atomic mass is 16.3. The fraction of sp³-hybridized carbons (Fsp3) is 0.500. The van der Waals surface area contributed by atoms with Crippen molar-refractivity contribution in [1.29, 1.82) is 0 Å². The minimum atomic E-state index is 0.217. The van der Waals surface area contributed by atoms with Gasteiger partial charge in [0, 0.05) is 18.8 Å². The van der Waals surface area contributed by atoms with Crippen molar-refractivity contribution < 1.29 is 5.11 Å². The highest BCUT2D eigenvalue weighted by molar-refractivity contribution is 5.39. The molecule has 1 rings (SSSR count). The van der Waals surface area contributed by atoms with E-state index in [1.54, 1.807) is 0 Å². The third-order valence-corrected chi connectivity index (χ3v) is 2.34. The van der Waals surface area contributed by atoms with E-state index in [4.69, 9.17) is 10.8 Å². The smallest absolute Gasteiger partial charge is 0.0558 e. The number of benzene rings is 1. The van der Waals surface area contributed by atoms with Gasteiger partial charge in [-0.2, -0.15) is 0 Å². The molecule has 0 saturated carbocycles. The lowest BCUT2D eigenvalue weighted by Crippen LogP contribution is -2.27. The van der Waals surface area contributed by atoms with Crippen molar-refractivity contribution in [1.82, 2.24) is 4.90 Å². The van der Waals surface area contributed by atoms with Crippen molar-refractivity contribution >= 4 is 5.69 Å². The molecule has 3 heteroatoms. The molecule has 0 saturated heterocycles. The van der Waals surface area contributed by atoms with Crippen LogP contribution in [0.3, 0.4) is 0 Å². The number of rotatable bonds is 6. The molecule has 0 aromatic heterocycles. The zero-order chi connectivity index (χ0) is 11.1. The molecule has 0 bridgehead atoms. The Balaban J connectivity index is 2.53. The van der Waals surface area contributed by atoms with E-state index >= 15 is 0 Å². The molecule has 84 valence electrons. The second-order valence-electron chi connectivity index (χ2n) is 3.74. The fourth-order valence-electron chi connectivity index (χ4n) is 1.61. The number of aliphatic hydroxyl groups is 1. The van der Waals surface area contributed by atoms with E-state index in [2.05, 4.69) is 11.8 Å². The highest BCUT2D eigenvalue weighted by Crippen LogP contribution is 2.08. The van der Waals surface area contributed by atoms with Gasteiger partial charge in [-0.1, -0.05) is 19.1 Å². The van der Waals surface area contributed by atoms with Crippen molar-refractivity contribution in [2.75, 3.05) is 25.4 Å². The van der Waals surface area contributed by atoms with E-state index in [-0.39, 0.29) is 6.61 Å². The molecule has 0 heterocycles. The molecule has 0 amide bonds. The van der Waals surface area contributed by atoms with Crippen molar-refractivity contribution in [3.8, 4) is 0 Å². The van der Waals surface area contributed by atoms with Gasteiger partial charge in [0.25, 0.3) is 0 Å². The molecule has 0 aliphatic heterocycles. The summed E-state index contributed by atoms with van der Waals surface area (Å²) in [5.74, 6) is 0. The molecule has 0 unspecified atom stereocenters. The molecule has 0 radical (unpaired) electrons. The molecule has 0 spiro atoms. The number of hydrogen-bond acceptors (Lipinski definition) is 3. The number of hydrogen-bond donors (Lipinski definition) is 2. The molecule has 1 aromatic carbocycles.